The number of hydrogen-bond acceptors (Lipinski definition) is 6. The van der Waals surface area contributed by atoms with Crippen molar-refractivity contribution in [1.82, 2.24) is 4.90 Å². The zero-order valence-corrected chi connectivity index (χ0v) is 18.2. The SMILES string of the molecule is NS(=O)(=O)c1ccc(CC(=O)N2Cc3cc4c(cc3C3(CCCC3)C2)OCCO4)s1. The summed E-state index contributed by atoms with van der Waals surface area (Å²) in [6.07, 6.45) is 4.59. The standard InChI is InChI=1S/C21H24N2O5S2/c22-30(25,26)20-4-3-15(29-20)10-19(24)23-12-14-9-17-18(28-8-7-27-17)11-16(14)21(13-23)5-1-2-6-21/h3-4,9,11H,1-2,5-8,10,12-13H2,(H2,22,25,26). The number of carbonyl (C=O) groups is 1. The molecule has 30 heavy (non-hydrogen) atoms. The molecule has 0 bridgehead atoms. The normalized spacial score (nSPS) is 19.7. The Labute approximate surface area is 179 Å². The predicted molar refractivity (Wildman–Crippen MR) is 112 cm³/mol. The van der Waals surface area contributed by atoms with Crippen molar-refractivity contribution in [2.24, 2.45) is 5.14 Å². The number of sulfonamides is 1. The number of nitrogens with two attached hydrogens (primary N) is 1. The molecule has 160 valence electrons. The molecule has 1 aromatic heterocycles. The molecule has 1 spiro atoms. The summed E-state index contributed by atoms with van der Waals surface area (Å²) >= 11 is 1.06. The zero-order valence-electron chi connectivity index (χ0n) is 16.6. The number of fused-ring (bicyclic) bond motifs is 3. The highest BCUT2D eigenvalue weighted by Gasteiger charge is 2.43. The Morgan fingerprint density at radius 1 is 1.13 bits per heavy atom. The quantitative estimate of drug-likeness (QED) is 0.778. The van der Waals surface area contributed by atoms with Gasteiger partial charge in [-0.1, -0.05) is 12.8 Å². The molecule has 1 aliphatic carbocycles. The van der Waals surface area contributed by atoms with Crippen LogP contribution in [0.4, 0.5) is 0 Å². The van der Waals surface area contributed by atoms with E-state index in [2.05, 4.69) is 6.07 Å². The number of thiophene rings is 1. The Hall–Kier alpha value is -2.10. The average Bonchev–Trinajstić information content (AvgIpc) is 3.37. The van der Waals surface area contributed by atoms with E-state index in [0.717, 1.165) is 54.1 Å². The highest BCUT2D eigenvalue weighted by atomic mass is 32.2. The van der Waals surface area contributed by atoms with Gasteiger partial charge in [-0.15, -0.1) is 11.3 Å². The van der Waals surface area contributed by atoms with E-state index in [4.69, 9.17) is 14.6 Å². The van der Waals surface area contributed by atoms with Crippen LogP contribution in [-0.2, 0) is 33.2 Å². The first kappa shape index (κ1) is 19.8. The minimum Gasteiger partial charge on any atom is -0.486 e. The van der Waals surface area contributed by atoms with Crippen LogP contribution >= 0.6 is 11.3 Å². The van der Waals surface area contributed by atoms with Crippen LogP contribution in [-0.4, -0.2) is 39.0 Å². The van der Waals surface area contributed by atoms with E-state index in [1.54, 1.807) is 6.07 Å². The molecule has 0 atom stereocenters. The molecule has 5 rings (SSSR count). The Balaban J connectivity index is 1.43. The summed E-state index contributed by atoms with van der Waals surface area (Å²) in [6.45, 7) is 2.31. The van der Waals surface area contributed by atoms with Crippen molar-refractivity contribution >= 4 is 27.3 Å². The molecule has 0 unspecified atom stereocenters. The summed E-state index contributed by atoms with van der Waals surface area (Å²) in [5, 5.41) is 5.20. The summed E-state index contributed by atoms with van der Waals surface area (Å²) in [7, 11) is -3.74. The summed E-state index contributed by atoms with van der Waals surface area (Å²) in [5.41, 5.74) is 2.37. The van der Waals surface area contributed by atoms with Crippen molar-refractivity contribution in [3.8, 4) is 11.5 Å². The monoisotopic (exact) mass is 448 g/mol. The average molecular weight is 449 g/mol. The van der Waals surface area contributed by atoms with E-state index in [1.165, 1.54) is 11.6 Å². The third-order valence-electron chi connectivity index (χ3n) is 6.35. The summed E-state index contributed by atoms with van der Waals surface area (Å²) in [5.74, 6) is 1.56. The van der Waals surface area contributed by atoms with E-state index in [-0.39, 0.29) is 22.0 Å². The van der Waals surface area contributed by atoms with E-state index < -0.39 is 10.0 Å². The Morgan fingerprint density at radius 3 is 2.50 bits per heavy atom. The fourth-order valence-corrected chi connectivity index (χ4v) is 6.76. The maximum Gasteiger partial charge on any atom is 0.247 e. The van der Waals surface area contributed by atoms with Crippen LogP contribution in [0.5, 0.6) is 11.5 Å². The molecule has 0 radical (unpaired) electrons. The van der Waals surface area contributed by atoms with Crippen molar-refractivity contribution < 1.29 is 22.7 Å². The van der Waals surface area contributed by atoms with Crippen LogP contribution in [0.2, 0.25) is 0 Å². The number of carbonyl (C=O) groups excluding carboxylic acids is 1. The van der Waals surface area contributed by atoms with E-state index in [0.29, 0.717) is 31.2 Å². The maximum atomic E-state index is 13.2. The highest BCUT2D eigenvalue weighted by molar-refractivity contribution is 7.91. The topological polar surface area (TPSA) is 98.9 Å². The van der Waals surface area contributed by atoms with E-state index in [9.17, 15) is 13.2 Å². The number of benzene rings is 1. The van der Waals surface area contributed by atoms with Gasteiger partial charge in [0.2, 0.25) is 15.9 Å². The minimum atomic E-state index is -3.74. The van der Waals surface area contributed by atoms with Gasteiger partial charge in [-0.2, -0.15) is 0 Å². The van der Waals surface area contributed by atoms with Gasteiger partial charge >= 0.3 is 0 Å². The second-order valence-electron chi connectivity index (χ2n) is 8.33. The molecule has 0 saturated heterocycles. The molecule has 3 heterocycles. The van der Waals surface area contributed by atoms with Crippen LogP contribution in [0.3, 0.4) is 0 Å². The summed E-state index contributed by atoms with van der Waals surface area (Å²) in [4.78, 5) is 15.8. The van der Waals surface area contributed by atoms with Crippen molar-refractivity contribution in [3.63, 3.8) is 0 Å². The minimum absolute atomic E-state index is 0.00429. The number of amides is 1. The summed E-state index contributed by atoms with van der Waals surface area (Å²) in [6, 6.07) is 7.31. The lowest BCUT2D eigenvalue weighted by molar-refractivity contribution is -0.132. The van der Waals surface area contributed by atoms with Crippen LogP contribution in [0.15, 0.2) is 28.5 Å². The first-order valence-electron chi connectivity index (χ1n) is 10.2. The molecule has 1 saturated carbocycles. The van der Waals surface area contributed by atoms with E-state index >= 15 is 0 Å². The lowest BCUT2D eigenvalue weighted by atomic mass is 9.73. The van der Waals surface area contributed by atoms with Gasteiger partial charge in [0, 0.05) is 23.4 Å². The van der Waals surface area contributed by atoms with Gasteiger partial charge in [0.1, 0.15) is 17.4 Å². The van der Waals surface area contributed by atoms with Crippen molar-refractivity contribution in [1.29, 1.82) is 0 Å². The number of primary sulfonamides is 1. The molecule has 2 N–H and O–H groups in total. The van der Waals surface area contributed by atoms with Gasteiger partial charge in [0.25, 0.3) is 0 Å². The molecule has 7 nitrogen and oxygen atoms in total. The molecular formula is C21H24N2O5S2. The number of ether oxygens (including phenoxy) is 2. The van der Waals surface area contributed by atoms with Crippen LogP contribution in [0.25, 0.3) is 0 Å². The van der Waals surface area contributed by atoms with Crippen molar-refractivity contribution in [2.75, 3.05) is 19.8 Å². The maximum absolute atomic E-state index is 13.2. The molecule has 9 heteroatoms. The molecule has 2 aliphatic heterocycles. The first-order chi connectivity index (χ1) is 14.3. The fraction of sp³-hybridized carbons (Fsp3) is 0.476. The Bertz CT molecular complexity index is 1100. The Kier molecular flexibility index (Phi) is 4.79. The molecule has 1 amide bonds. The highest BCUT2D eigenvalue weighted by Crippen LogP contribution is 2.49. The third kappa shape index (κ3) is 3.48. The van der Waals surface area contributed by atoms with Crippen LogP contribution < -0.4 is 14.6 Å². The predicted octanol–water partition coefficient (Wildman–Crippen LogP) is 2.56. The van der Waals surface area contributed by atoms with Crippen molar-refractivity contribution in [2.45, 2.75) is 48.3 Å². The number of rotatable bonds is 3. The zero-order chi connectivity index (χ0) is 20.9. The lowest BCUT2D eigenvalue weighted by Gasteiger charge is -2.43. The molecule has 3 aliphatic rings. The van der Waals surface area contributed by atoms with Gasteiger partial charge in [0.05, 0.1) is 6.42 Å². The van der Waals surface area contributed by atoms with Crippen LogP contribution in [0, 0.1) is 0 Å². The molecule has 1 fully saturated rings. The van der Waals surface area contributed by atoms with Gasteiger partial charge in [-0.25, -0.2) is 13.6 Å². The number of nitrogens with zero attached hydrogens (tertiary/aromatic N) is 1. The third-order valence-corrected chi connectivity index (χ3v) is 8.87. The number of hydrogen-bond donors (Lipinski definition) is 1. The molecule has 1 aromatic carbocycles. The Morgan fingerprint density at radius 2 is 1.83 bits per heavy atom. The van der Waals surface area contributed by atoms with Gasteiger partial charge < -0.3 is 14.4 Å². The lowest BCUT2D eigenvalue weighted by Crippen LogP contribution is -2.47. The fourth-order valence-electron chi connectivity index (χ4n) is 4.99. The van der Waals surface area contributed by atoms with E-state index in [1.807, 2.05) is 11.0 Å². The van der Waals surface area contributed by atoms with Crippen LogP contribution in [0.1, 0.15) is 41.7 Å². The van der Waals surface area contributed by atoms with Gasteiger partial charge in [-0.05, 0) is 48.2 Å². The first-order valence-corrected chi connectivity index (χ1v) is 12.5. The van der Waals surface area contributed by atoms with Crippen molar-refractivity contribution in [3.05, 3.63) is 40.3 Å². The van der Waals surface area contributed by atoms with Gasteiger partial charge in [-0.3, -0.25) is 4.79 Å². The van der Waals surface area contributed by atoms with Gasteiger partial charge in [0.15, 0.2) is 11.5 Å². The molecule has 2 aromatic rings. The second kappa shape index (κ2) is 7.25. The second-order valence-corrected chi connectivity index (χ2v) is 11.3. The summed E-state index contributed by atoms with van der Waals surface area (Å²) < 4.78 is 34.7. The smallest absolute Gasteiger partial charge is 0.247 e. The molecular weight excluding hydrogens is 424 g/mol. The largest absolute Gasteiger partial charge is 0.486 e.